The average Bonchev–Trinajstić information content (AvgIpc) is 3.33. The molecule has 0 aromatic rings. The maximum atomic E-state index is 12.8. The predicted molar refractivity (Wildman–Crippen MR) is 298 cm³/mol. The standard InChI is InChI=1S/C62H105NO7/c1-6-8-10-12-14-16-18-20-22-24-26-28-30-32-34-36-38-40-42-44-46-48-50-52-60(64)69-57-58(56-68-55-54-59(62(66)67)63(3,4)5)70-61(65)53-51-49-47-45-43-41-39-37-35-33-31-29-27-25-23-21-19-17-15-13-11-9-7-2/h8-11,14-17,20-23,26-29,58-59H,6-7,12-13,18-19,24-25,30-57H2,1-5H3/p+1/b10-8-,11-9-,16-14-,17-15-,22-20-,23-21-,28-26-,29-27-. The van der Waals surface area contributed by atoms with Crippen LogP contribution in [0.2, 0.25) is 0 Å². The lowest BCUT2D eigenvalue weighted by Crippen LogP contribution is -2.50. The van der Waals surface area contributed by atoms with E-state index in [2.05, 4.69) is 111 Å². The molecule has 400 valence electrons. The summed E-state index contributed by atoms with van der Waals surface area (Å²) in [7, 11) is 5.53. The number of quaternary nitrogens is 1. The molecule has 0 bridgehead atoms. The van der Waals surface area contributed by atoms with Crippen molar-refractivity contribution in [2.45, 2.75) is 238 Å². The molecule has 2 atom stereocenters. The van der Waals surface area contributed by atoms with Crippen molar-refractivity contribution in [2.75, 3.05) is 41.0 Å². The Hall–Kier alpha value is -3.75. The van der Waals surface area contributed by atoms with Gasteiger partial charge >= 0.3 is 17.9 Å². The molecule has 0 aromatic heterocycles. The van der Waals surface area contributed by atoms with Crippen molar-refractivity contribution in [2.24, 2.45) is 0 Å². The summed E-state index contributed by atoms with van der Waals surface area (Å²) in [4.78, 5) is 37.3. The normalized spacial score (nSPS) is 13.6. The highest BCUT2D eigenvalue weighted by atomic mass is 16.6. The van der Waals surface area contributed by atoms with Crippen LogP contribution in [0.25, 0.3) is 0 Å². The third kappa shape index (κ3) is 49.2. The molecule has 0 rings (SSSR count). The lowest BCUT2D eigenvalue weighted by Gasteiger charge is -2.31. The van der Waals surface area contributed by atoms with E-state index in [0.29, 0.717) is 19.3 Å². The van der Waals surface area contributed by atoms with E-state index in [1.165, 1.54) is 103 Å². The molecule has 2 unspecified atom stereocenters. The fraction of sp³-hybridized carbons (Fsp3) is 0.694. The van der Waals surface area contributed by atoms with Gasteiger partial charge in [0.25, 0.3) is 0 Å². The zero-order valence-corrected chi connectivity index (χ0v) is 45.7. The van der Waals surface area contributed by atoms with Crippen LogP contribution in [-0.2, 0) is 28.6 Å². The average molecular weight is 978 g/mol. The summed E-state index contributed by atoms with van der Waals surface area (Å²) >= 11 is 0. The third-order valence-corrected chi connectivity index (χ3v) is 12.2. The summed E-state index contributed by atoms with van der Waals surface area (Å²) in [6, 6.07) is -0.622. The Labute approximate surface area is 430 Å². The lowest BCUT2D eigenvalue weighted by molar-refractivity contribution is -0.887. The monoisotopic (exact) mass is 977 g/mol. The van der Waals surface area contributed by atoms with Crippen molar-refractivity contribution in [3.63, 3.8) is 0 Å². The maximum absolute atomic E-state index is 12.8. The third-order valence-electron chi connectivity index (χ3n) is 12.2. The summed E-state index contributed by atoms with van der Waals surface area (Å²) < 4.78 is 17.4. The van der Waals surface area contributed by atoms with Gasteiger partial charge < -0.3 is 23.8 Å². The highest BCUT2D eigenvalue weighted by molar-refractivity contribution is 5.72. The second-order valence-corrected chi connectivity index (χ2v) is 19.8. The zero-order chi connectivity index (χ0) is 51.3. The number of allylic oxidation sites excluding steroid dienone is 16. The molecule has 0 heterocycles. The number of ether oxygens (including phenoxy) is 3. The molecule has 0 saturated heterocycles. The van der Waals surface area contributed by atoms with Gasteiger partial charge in [-0.1, -0.05) is 214 Å². The van der Waals surface area contributed by atoms with Crippen LogP contribution in [-0.4, -0.2) is 80.6 Å². The Morgan fingerprint density at radius 1 is 0.429 bits per heavy atom. The van der Waals surface area contributed by atoms with Gasteiger partial charge in [0.2, 0.25) is 0 Å². The van der Waals surface area contributed by atoms with Gasteiger partial charge in [0.1, 0.15) is 6.61 Å². The topological polar surface area (TPSA) is 99.1 Å². The van der Waals surface area contributed by atoms with E-state index < -0.39 is 18.1 Å². The Kier molecular flexibility index (Phi) is 48.8. The number of likely N-dealkylation sites (N-methyl/N-ethyl adjacent to an activating group) is 1. The largest absolute Gasteiger partial charge is 0.477 e. The fourth-order valence-corrected chi connectivity index (χ4v) is 7.96. The molecule has 8 heteroatoms. The van der Waals surface area contributed by atoms with E-state index >= 15 is 0 Å². The number of esters is 2. The molecule has 70 heavy (non-hydrogen) atoms. The van der Waals surface area contributed by atoms with E-state index in [1.54, 1.807) is 0 Å². The first-order valence-electron chi connectivity index (χ1n) is 28.3. The van der Waals surface area contributed by atoms with Crippen LogP contribution in [0.3, 0.4) is 0 Å². The minimum Gasteiger partial charge on any atom is -0.477 e. The highest BCUT2D eigenvalue weighted by Crippen LogP contribution is 2.16. The summed E-state index contributed by atoms with van der Waals surface area (Å²) in [5.74, 6) is -1.48. The molecule has 8 nitrogen and oxygen atoms in total. The number of hydrogen-bond donors (Lipinski definition) is 1. The Morgan fingerprint density at radius 3 is 1.11 bits per heavy atom. The number of hydrogen-bond acceptors (Lipinski definition) is 6. The Balaban J connectivity index is 4.21. The maximum Gasteiger partial charge on any atom is 0.362 e. The van der Waals surface area contributed by atoms with E-state index in [-0.39, 0.29) is 36.2 Å². The summed E-state index contributed by atoms with van der Waals surface area (Å²) in [6.07, 6.45) is 70.3. The molecule has 0 radical (unpaired) electrons. The van der Waals surface area contributed by atoms with Gasteiger partial charge in [-0.2, -0.15) is 0 Å². The van der Waals surface area contributed by atoms with Crippen molar-refractivity contribution < 1.29 is 38.2 Å². The molecule has 0 saturated carbocycles. The van der Waals surface area contributed by atoms with Crippen LogP contribution in [0.5, 0.6) is 0 Å². The first-order valence-corrected chi connectivity index (χ1v) is 28.3. The predicted octanol–water partition coefficient (Wildman–Crippen LogP) is 17.0. The SMILES string of the molecule is CC/C=C\C/C=C\C/C=C\C/C=C\CCCCCCCCCCCCC(=O)OCC(COCCC(C(=O)O)[N+](C)(C)C)OC(=O)CCCCCCCCCCCC/C=C\C/C=C\C/C=C\C/C=C\CC. The van der Waals surface area contributed by atoms with Crippen molar-refractivity contribution in [1.82, 2.24) is 0 Å². The smallest absolute Gasteiger partial charge is 0.362 e. The fourth-order valence-electron chi connectivity index (χ4n) is 7.96. The van der Waals surface area contributed by atoms with E-state index in [1.807, 2.05) is 21.1 Å². The number of carboxylic acid groups (broad SMARTS) is 1. The second-order valence-electron chi connectivity index (χ2n) is 19.8. The minimum absolute atomic E-state index is 0.0538. The molecule has 0 aliphatic carbocycles. The first kappa shape index (κ1) is 66.2. The number of rotatable bonds is 50. The van der Waals surface area contributed by atoms with Crippen LogP contribution >= 0.6 is 0 Å². The molecular weight excluding hydrogens is 871 g/mol. The molecule has 0 spiro atoms. The van der Waals surface area contributed by atoms with Crippen molar-refractivity contribution in [3.8, 4) is 0 Å². The van der Waals surface area contributed by atoms with Crippen LogP contribution in [0.15, 0.2) is 97.2 Å². The van der Waals surface area contributed by atoms with Crippen LogP contribution < -0.4 is 0 Å². The van der Waals surface area contributed by atoms with Crippen molar-refractivity contribution >= 4 is 17.9 Å². The quantitative estimate of drug-likeness (QED) is 0.0281. The number of nitrogens with zero attached hydrogens (tertiary/aromatic N) is 1. The van der Waals surface area contributed by atoms with Crippen molar-refractivity contribution in [3.05, 3.63) is 97.2 Å². The molecule has 0 fully saturated rings. The van der Waals surface area contributed by atoms with Crippen LogP contribution in [0, 0.1) is 0 Å². The first-order chi connectivity index (χ1) is 34.1. The van der Waals surface area contributed by atoms with E-state index in [4.69, 9.17) is 14.2 Å². The summed E-state index contributed by atoms with van der Waals surface area (Å²) in [5, 5.41) is 9.68. The molecule has 1 N–H and O–H groups in total. The number of aliphatic carboxylic acids is 1. The zero-order valence-electron chi connectivity index (χ0n) is 45.7. The Bertz CT molecular complexity index is 1460. The summed E-state index contributed by atoms with van der Waals surface area (Å²) in [6.45, 7) is 4.52. The molecule has 0 aromatic carbocycles. The molecule has 0 aliphatic rings. The van der Waals surface area contributed by atoms with Gasteiger partial charge in [0.05, 0.1) is 34.4 Å². The minimum atomic E-state index is -0.878. The molecule has 0 aliphatic heterocycles. The summed E-state index contributed by atoms with van der Waals surface area (Å²) in [5.41, 5.74) is 0. The number of carboxylic acids is 1. The lowest BCUT2D eigenvalue weighted by atomic mass is 10.0. The van der Waals surface area contributed by atoms with Gasteiger partial charge in [0.15, 0.2) is 12.1 Å². The van der Waals surface area contributed by atoms with Gasteiger partial charge in [0, 0.05) is 19.3 Å². The molecule has 0 amide bonds. The van der Waals surface area contributed by atoms with Crippen LogP contribution in [0.1, 0.15) is 226 Å². The van der Waals surface area contributed by atoms with Crippen LogP contribution in [0.4, 0.5) is 0 Å². The van der Waals surface area contributed by atoms with Gasteiger partial charge in [-0.05, 0) is 89.9 Å². The van der Waals surface area contributed by atoms with E-state index in [0.717, 1.165) is 89.9 Å². The highest BCUT2D eigenvalue weighted by Gasteiger charge is 2.31. The second kappa shape index (κ2) is 51.6. The Morgan fingerprint density at radius 2 is 0.757 bits per heavy atom. The van der Waals surface area contributed by atoms with E-state index in [9.17, 15) is 19.5 Å². The number of unbranched alkanes of at least 4 members (excludes halogenated alkanes) is 20. The number of carbonyl (C=O) groups is 3. The van der Waals surface area contributed by atoms with Gasteiger partial charge in [-0.3, -0.25) is 9.59 Å². The number of carbonyl (C=O) groups excluding carboxylic acids is 2. The van der Waals surface area contributed by atoms with Gasteiger partial charge in [-0.25, -0.2) is 4.79 Å². The van der Waals surface area contributed by atoms with Crippen molar-refractivity contribution in [1.29, 1.82) is 0 Å². The molecular formula is C62H106NO7+. The van der Waals surface area contributed by atoms with Gasteiger partial charge in [-0.15, -0.1) is 0 Å².